The standard InChI is InChI=1S/C9H13FN2O3S2/c1-7(6-16(2)13)12-17(14,15)9-8(10)4-3-5-11-9/h3-5,7,12H,6H2,1-2H3. The van der Waals surface area contributed by atoms with Gasteiger partial charge in [0.1, 0.15) is 0 Å². The number of nitrogens with zero attached hydrogens (tertiary/aromatic N) is 1. The van der Waals surface area contributed by atoms with Crippen LogP contribution in [0, 0.1) is 5.82 Å². The molecule has 1 aromatic heterocycles. The summed E-state index contributed by atoms with van der Waals surface area (Å²) in [4.78, 5) is 3.48. The summed E-state index contributed by atoms with van der Waals surface area (Å²) in [7, 11) is -5.14. The highest BCUT2D eigenvalue weighted by Gasteiger charge is 2.22. The van der Waals surface area contributed by atoms with Crippen molar-refractivity contribution in [2.45, 2.75) is 18.0 Å². The quantitative estimate of drug-likeness (QED) is 0.839. The lowest BCUT2D eigenvalue weighted by Crippen LogP contribution is -2.37. The SMILES string of the molecule is CC(CS(C)=O)NS(=O)(=O)c1ncccc1F. The monoisotopic (exact) mass is 280 g/mol. The fourth-order valence-electron chi connectivity index (χ4n) is 1.28. The number of sulfonamides is 1. The molecule has 1 aromatic rings. The summed E-state index contributed by atoms with van der Waals surface area (Å²) in [5.41, 5.74) is 0. The van der Waals surface area contributed by atoms with Crippen LogP contribution in [-0.2, 0) is 20.8 Å². The molecule has 2 atom stereocenters. The van der Waals surface area contributed by atoms with Crippen molar-refractivity contribution in [2.24, 2.45) is 0 Å². The van der Waals surface area contributed by atoms with Gasteiger partial charge in [0, 0.05) is 35.0 Å². The minimum Gasteiger partial charge on any atom is -0.260 e. The molecule has 8 heteroatoms. The molecular formula is C9H13FN2O3S2. The topological polar surface area (TPSA) is 76.1 Å². The summed E-state index contributed by atoms with van der Waals surface area (Å²) >= 11 is 0. The first-order valence-corrected chi connectivity index (χ1v) is 7.97. The van der Waals surface area contributed by atoms with Gasteiger partial charge in [0.25, 0.3) is 10.0 Å². The zero-order valence-electron chi connectivity index (χ0n) is 9.38. The molecule has 1 rings (SSSR count). The van der Waals surface area contributed by atoms with Gasteiger partial charge in [-0.05, 0) is 19.1 Å². The Morgan fingerprint density at radius 1 is 1.59 bits per heavy atom. The van der Waals surface area contributed by atoms with E-state index in [-0.39, 0.29) is 5.75 Å². The van der Waals surface area contributed by atoms with E-state index < -0.39 is 37.7 Å². The third kappa shape index (κ3) is 4.14. The maximum Gasteiger partial charge on any atom is 0.261 e. The Hall–Kier alpha value is -0.860. The van der Waals surface area contributed by atoms with E-state index in [4.69, 9.17) is 0 Å². The van der Waals surface area contributed by atoms with Crippen molar-refractivity contribution in [1.29, 1.82) is 0 Å². The molecule has 0 amide bonds. The van der Waals surface area contributed by atoms with Crippen molar-refractivity contribution in [3.05, 3.63) is 24.1 Å². The number of rotatable bonds is 5. The Kier molecular flexibility index (Phi) is 4.72. The highest BCUT2D eigenvalue weighted by Crippen LogP contribution is 2.10. The molecule has 1 heterocycles. The predicted molar refractivity (Wildman–Crippen MR) is 62.9 cm³/mol. The van der Waals surface area contributed by atoms with Crippen molar-refractivity contribution >= 4 is 20.8 Å². The molecule has 5 nitrogen and oxygen atoms in total. The zero-order valence-corrected chi connectivity index (χ0v) is 11.0. The Balaban J connectivity index is 2.90. The summed E-state index contributed by atoms with van der Waals surface area (Å²) in [6.45, 7) is 1.56. The molecule has 0 bridgehead atoms. The predicted octanol–water partition coefficient (Wildman–Crippen LogP) is 0.266. The van der Waals surface area contributed by atoms with Crippen LogP contribution in [0.3, 0.4) is 0 Å². The van der Waals surface area contributed by atoms with Crippen LogP contribution in [0.2, 0.25) is 0 Å². The van der Waals surface area contributed by atoms with Crippen LogP contribution < -0.4 is 4.72 Å². The van der Waals surface area contributed by atoms with Crippen LogP contribution in [0.5, 0.6) is 0 Å². The Labute approximate surface area is 102 Å². The number of halogens is 1. The molecule has 1 N–H and O–H groups in total. The maximum absolute atomic E-state index is 13.3. The van der Waals surface area contributed by atoms with Crippen molar-refractivity contribution in [3.8, 4) is 0 Å². The van der Waals surface area contributed by atoms with E-state index in [0.29, 0.717) is 0 Å². The van der Waals surface area contributed by atoms with E-state index in [9.17, 15) is 17.0 Å². The second kappa shape index (κ2) is 5.65. The third-order valence-corrected chi connectivity index (χ3v) is 4.31. The van der Waals surface area contributed by atoms with Crippen LogP contribution in [0.1, 0.15) is 6.92 Å². The average Bonchev–Trinajstić information content (AvgIpc) is 2.15. The van der Waals surface area contributed by atoms with E-state index in [0.717, 1.165) is 6.07 Å². The van der Waals surface area contributed by atoms with Crippen molar-refractivity contribution in [3.63, 3.8) is 0 Å². The van der Waals surface area contributed by atoms with E-state index in [1.165, 1.54) is 18.5 Å². The molecule has 0 aromatic carbocycles. The lowest BCUT2D eigenvalue weighted by molar-refractivity contribution is 0.538. The van der Waals surface area contributed by atoms with Gasteiger partial charge in [-0.3, -0.25) is 4.21 Å². The highest BCUT2D eigenvalue weighted by atomic mass is 32.2. The number of nitrogens with one attached hydrogen (secondary N) is 1. The fraction of sp³-hybridized carbons (Fsp3) is 0.444. The van der Waals surface area contributed by atoms with Crippen molar-refractivity contribution in [2.75, 3.05) is 12.0 Å². The summed E-state index contributed by atoms with van der Waals surface area (Å²) in [5, 5.41) is -0.645. The average molecular weight is 280 g/mol. The summed E-state index contributed by atoms with van der Waals surface area (Å²) in [6, 6.07) is 1.77. The van der Waals surface area contributed by atoms with Gasteiger partial charge in [0.2, 0.25) is 5.03 Å². The van der Waals surface area contributed by atoms with Gasteiger partial charge >= 0.3 is 0 Å². The Morgan fingerprint density at radius 3 is 2.76 bits per heavy atom. The Bertz CT molecular complexity index is 519. The second-order valence-electron chi connectivity index (χ2n) is 3.55. The third-order valence-electron chi connectivity index (χ3n) is 1.82. The molecule has 0 aliphatic heterocycles. The number of hydrogen-bond acceptors (Lipinski definition) is 4. The second-order valence-corrected chi connectivity index (χ2v) is 6.66. The smallest absolute Gasteiger partial charge is 0.260 e. The van der Waals surface area contributed by atoms with E-state index in [1.54, 1.807) is 6.92 Å². The minimum atomic E-state index is -4.01. The van der Waals surface area contributed by atoms with Gasteiger partial charge in [0.15, 0.2) is 5.82 Å². The molecule has 0 aliphatic carbocycles. The highest BCUT2D eigenvalue weighted by molar-refractivity contribution is 7.89. The summed E-state index contributed by atoms with van der Waals surface area (Å²) < 4.78 is 49.9. The molecular weight excluding hydrogens is 267 g/mol. The van der Waals surface area contributed by atoms with Gasteiger partial charge in [0.05, 0.1) is 0 Å². The molecule has 17 heavy (non-hydrogen) atoms. The van der Waals surface area contributed by atoms with Gasteiger partial charge in [-0.1, -0.05) is 0 Å². The molecule has 96 valence electrons. The van der Waals surface area contributed by atoms with Crippen LogP contribution in [0.4, 0.5) is 4.39 Å². The maximum atomic E-state index is 13.3. The van der Waals surface area contributed by atoms with Gasteiger partial charge in [-0.25, -0.2) is 22.5 Å². The van der Waals surface area contributed by atoms with E-state index in [2.05, 4.69) is 9.71 Å². The molecule has 0 fully saturated rings. The van der Waals surface area contributed by atoms with Gasteiger partial charge in [-0.15, -0.1) is 0 Å². The van der Waals surface area contributed by atoms with Crippen LogP contribution in [-0.4, -0.2) is 35.7 Å². The van der Waals surface area contributed by atoms with Gasteiger partial charge in [-0.2, -0.15) is 0 Å². The first-order chi connectivity index (χ1) is 7.83. The van der Waals surface area contributed by atoms with Gasteiger partial charge < -0.3 is 0 Å². The lowest BCUT2D eigenvalue weighted by atomic mass is 10.4. The largest absolute Gasteiger partial charge is 0.261 e. The van der Waals surface area contributed by atoms with E-state index in [1.807, 2.05) is 0 Å². The number of pyridine rings is 1. The normalized spacial score (nSPS) is 15.5. The first-order valence-electron chi connectivity index (χ1n) is 4.76. The summed E-state index contributed by atoms with van der Waals surface area (Å²) in [5.74, 6) is -0.752. The Morgan fingerprint density at radius 2 is 2.24 bits per heavy atom. The lowest BCUT2D eigenvalue weighted by Gasteiger charge is -2.12. The number of hydrogen-bond donors (Lipinski definition) is 1. The first kappa shape index (κ1) is 14.2. The van der Waals surface area contributed by atoms with Crippen LogP contribution >= 0.6 is 0 Å². The molecule has 2 unspecified atom stereocenters. The van der Waals surface area contributed by atoms with E-state index >= 15 is 0 Å². The van der Waals surface area contributed by atoms with Crippen LogP contribution in [0.15, 0.2) is 23.4 Å². The molecule has 0 aliphatic rings. The van der Waals surface area contributed by atoms with Crippen molar-refractivity contribution in [1.82, 2.24) is 9.71 Å². The molecule has 0 saturated carbocycles. The molecule has 0 saturated heterocycles. The summed E-state index contributed by atoms with van der Waals surface area (Å²) in [6.07, 6.45) is 2.66. The molecule has 0 radical (unpaired) electrons. The molecule has 0 spiro atoms. The van der Waals surface area contributed by atoms with Crippen molar-refractivity contribution < 1.29 is 17.0 Å². The van der Waals surface area contributed by atoms with Crippen LogP contribution in [0.25, 0.3) is 0 Å². The minimum absolute atomic E-state index is 0.160. The zero-order chi connectivity index (χ0) is 13.1. The number of aromatic nitrogens is 1. The fourth-order valence-corrected chi connectivity index (χ4v) is 3.42.